The van der Waals surface area contributed by atoms with Crippen molar-refractivity contribution in [2.24, 2.45) is 0 Å². The van der Waals surface area contributed by atoms with E-state index >= 15 is 0 Å². The maximum atomic E-state index is 13.1. The van der Waals surface area contributed by atoms with E-state index in [1.54, 1.807) is 7.11 Å². The third-order valence-corrected chi connectivity index (χ3v) is 5.64. The average molecular weight is 344 g/mol. The first-order chi connectivity index (χ1) is 12.2. The van der Waals surface area contributed by atoms with Crippen LogP contribution in [0.1, 0.15) is 49.7 Å². The van der Waals surface area contributed by atoms with Gasteiger partial charge in [0.25, 0.3) is 0 Å². The fourth-order valence-electron chi connectivity index (χ4n) is 4.27. The molecule has 2 aliphatic heterocycles. The maximum Gasteiger partial charge on any atom is 0.227 e. The molecular weight excluding hydrogens is 312 g/mol. The van der Waals surface area contributed by atoms with Crippen LogP contribution in [0.25, 0.3) is 0 Å². The molecule has 1 atom stereocenters. The van der Waals surface area contributed by atoms with Gasteiger partial charge in [-0.05, 0) is 58.2 Å². The lowest BCUT2D eigenvalue weighted by atomic mass is 9.98. The normalized spacial score (nSPS) is 22.0. The number of methoxy groups -OCH3 is 1. The number of hydrogen-bond acceptors (Lipinski definition) is 3. The smallest absolute Gasteiger partial charge is 0.227 e. The summed E-state index contributed by atoms with van der Waals surface area (Å²) >= 11 is 0. The van der Waals surface area contributed by atoms with E-state index in [1.807, 2.05) is 12.1 Å². The minimum Gasteiger partial charge on any atom is -0.496 e. The first kappa shape index (κ1) is 18.2. The number of rotatable bonds is 5. The van der Waals surface area contributed by atoms with Crippen LogP contribution >= 0.6 is 0 Å². The third-order valence-electron chi connectivity index (χ3n) is 5.64. The van der Waals surface area contributed by atoms with Crippen LogP contribution in [0, 0.1) is 6.92 Å². The van der Waals surface area contributed by atoms with Crippen LogP contribution in [0.4, 0.5) is 0 Å². The van der Waals surface area contributed by atoms with Crippen LogP contribution in [0.3, 0.4) is 0 Å². The van der Waals surface area contributed by atoms with Gasteiger partial charge in [-0.3, -0.25) is 4.79 Å². The molecule has 0 saturated carbocycles. The lowest BCUT2D eigenvalue weighted by Crippen LogP contribution is -2.50. The molecule has 0 aromatic heterocycles. The second-order valence-electron chi connectivity index (χ2n) is 7.59. The molecule has 3 rings (SSSR count). The van der Waals surface area contributed by atoms with Gasteiger partial charge < -0.3 is 14.5 Å². The highest BCUT2D eigenvalue weighted by Gasteiger charge is 2.29. The molecule has 4 heteroatoms. The molecule has 2 saturated heterocycles. The summed E-state index contributed by atoms with van der Waals surface area (Å²) in [6, 6.07) is 6.47. The van der Waals surface area contributed by atoms with Crippen LogP contribution in [-0.2, 0) is 11.2 Å². The van der Waals surface area contributed by atoms with Crippen LogP contribution in [0.5, 0.6) is 5.75 Å². The number of carbonyl (C=O) groups is 1. The molecule has 4 nitrogen and oxygen atoms in total. The van der Waals surface area contributed by atoms with Crippen LogP contribution in [0.2, 0.25) is 0 Å². The summed E-state index contributed by atoms with van der Waals surface area (Å²) < 4.78 is 5.46. The van der Waals surface area contributed by atoms with Crippen molar-refractivity contribution in [1.29, 1.82) is 0 Å². The summed E-state index contributed by atoms with van der Waals surface area (Å²) in [5.74, 6) is 1.08. The van der Waals surface area contributed by atoms with Crippen molar-refractivity contribution in [1.82, 2.24) is 9.80 Å². The molecule has 25 heavy (non-hydrogen) atoms. The monoisotopic (exact) mass is 344 g/mol. The minimum absolute atomic E-state index is 0.255. The Morgan fingerprint density at radius 3 is 2.64 bits per heavy atom. The predicted octanol–water partition coefficient (Wildman–Crippen LogP) is 3.41. The van der Waals surface area contributed by atoms with Gasteiger partial charge in [-0.25, -0.2) is 0 Å². The highest BCUT2D eigenvalue weighted by molar-refractivity contribution is 5.80. The summed E-state index contributed by atoms with van der Waals surface area (Å²) in [6.45, 7) is 6.42. The van der Waals surface area contributed by atoms with E-state index in [4.69, 9.17) is 4.74 Å². The molecular formula is C21H32N2O2. The summed E-state index contributed by atoms with van der Waals surface area (Å²) in [5.41, 5.74) is 2.18. The lowest BCUT2D eigenvalue weighted by molar-refractivity contribution is -0.134. The van der Waals surface area contributed by atoms with E-state index < -0.39 is 0 Å². The number of aryl methyl sites for hydroxylation is 1. The van der Waals surface area contributed by atoms with Crippen molar-refractivity contribution < 1.29 is 9.53 Å². The first-order valence-corrected chi connectivity index (χ1v) is 9.82. The number of nitrogens with zero attached hydrogens (tertiary/aromatic N) is 2. The van der Waals surface area contributed by atoms with Crippen LogP contribution < -0.4 is 4.74 Å². The summed E-state index contributed by atoms with van der Waals surface area (Å²) in [5, 5.41) is 0. The van der Waals surface area contributed by atoms with E-state index in [2.05, 4.69) is 22.8 Å². The van der Waals surface area contributed by atoms with Crippen LogP contribution in [0.15, 0.2) is 18.2 Å². The quantitative estimate of drug-likeness (QED) is 0.820. The molecule has 1 unspecified atom stereocenters. The standard InChI is InChI=1S/C21H32N2O2/c1-17-9-10-20(25-2)18(14-17)15-21(24)23-13-7-4-8-19(23)16-22-11-5-3-6-12-22/h9-10,14,19H,3-8,11-13,15-16H2,1-2H3. The van der Waals surface area contributed by atoms with Crippen molar-refractivity contribution in [2.75, 3.05) is 33.3 Å². The zero-order valence-corrected chi connectivity index (χ0v) is 15.8. The van der Waals surface area contributed by atoms with Crippen molar-refractivity contribution in [3.8, 4) is 5.75 Å². The van der Waals surface area contributed by atoms with E-state index in [1.165, 1.54) is 44.3 Å². The van der Waals surface area contributed by atoms with E-state index in [0.29, 0.717) is 12.5 Å². The fraction of sp³-hybridized carbons (Fsp3) is 0.667. The van der Waals surface area contributed by atoms with Gasteiger partial charge in [-0.15, -0.1) is 0 Å². The molecule has 0 N–H and O–H groups in total. The third kappa shape index (κ3) is 4.75. The Hall–Kier alpha value is -1.55. The molecule has 1 amide bonds. The van der Waals surface area contributed by atoms with E-state index in [9.17, 15) is 4.79 Å². The fourth-order valence-corrected chi connectivity index (χ4v) is 4.27. The maximum absolute atomic E-state index is 13.1. The summed E-state index contributed by atoms with van der Waals surface area (Å²) in [6.07, 6.45) is 7.94. The van der Waals surface area contributed by atoms with Crippen LogP contribution in [-0.4, -0.2) is 55.0 Å². The Morgan fingerprint density at radius 1 is 1.12 bits per heavy atom. The predicted molar refractivity (Wildman–Crippen MR) is 101 cm³/mol. The van der Waals surface area contributed by atoms with Gasteiger partial charge in [0.2, 0.25) is 5.91 Å². The minimum atomic E-state index is 0.255. The highest BCUT2D eigenvalue weighted by atomic mass is 16.5. The van der Waals surface area contributed by atoms with E-state index in [-0.39, 0.29) is 5.91 Å². The topological polar surface area (TPSA) is 32.8 Å². The Bertz CT molecular complexity index is 581. The second-order valence-corrected chi connectivity index (χ2v) is 7.59. The molecule has 0 spiro atoms. The van der Waals surface area contributed by atoms with Crippen molar-refractivity contribution in [3.63, 3.8) is 0 Å². The van der Waals surface area contributed by atoms with Gasteiger partial charge in [-0.1, -0.05) is 24.1 Å². The number of likely N-dealkylation sites (tertiary alicyclic amines) is 2. The Morgan fingerprint density at radius 2 is 1.88 bits per heavy atom. The molecule has 0 radical (unpaired) electrons. The van der Waals surface area contributed by atoms with Gasteiger partial charge >= 0.3 is 0 Å². The van der Waals surface area contributed by atoms with Gasteiger partial charge in [0.15, 0.2) is 0 Å². The number of carbonyl (C=O) groups excluding carboxylic acids is 1. The SMILES string of the molecule is COc1ccc(C)cc1CC(=O)N1CCCCC1CN1CCCCC1. The van der Waals surface area contributed by atoms with Crippen molar-refractivity contribution in [2.45, 2.75) is 57.9 Å². The largest absolute Gasteiger partial charge is 0.496 e. The zero-order valence-electron chi connectivity index (χ0n) is 15.8. The Labute approximate surface area is 152 Å². The number of hydrogen-bond donors (Lipinski definition) is 0. The molecule has 0 bridgehead atoms. The summed E-state index contributed by atoms with van der Waals surface area (Å²) in [7, 11) is 1.68. The first-order valence-electron chi connectivity index (χ1n) is 9.82. The van der Waals surface area contributed by atoms with Gasteiger partial charge in [0.05, 0.1) is 13.5 Å². The van der Waals surface area contributed by atoms with Gasteiger partial charge in [0, 0.05) is 24.7 Å². The Balaban J connectivity index is 1.67. The molecule has 2 aliphatic rings. The van der Waals surface area contributed by atoms with Gasteiger partial charge in [-0.2, -0.15) is 0 Å². The molecule has 138 valence electrons. The average Bonchev–Trinajstić information content (AvgIpc) is 2.63. The number of benzene rings is 1. The molecule has 2 fully saturated rings. The number of amides is 1. The number of ether oxygens (including phenoxy) is 1. The lowest BCUT2D eigenvalue weighted by Gasteiger charge is -2.40. The zero-order chi connectivity index (χ0) is 17.6. The van der Waals surface area contributed by atoms with Crippen molar-refractivity contribution >= 4 is 5.91 Å². The second kappa shape index (κ2) is 8.70. The van der Waals surface area contributed by atoms with E-state index in [0.717, 1.165) is 37.2 Å². The van der Waals surface area contributed by atoms with Crippen molar-refractivity contribution in [3.05, 3.63) is 29.3 Å². The molecule has 0 aliphatic carbocycles. The molecule has 1 aromatic rings. The highest BCUT2D eigenvalue weighted by Crippen LogP contribution is 2.24. The summed E-state index contributed by atoms with van der Waals surface area (Å²) in [4.78, 5) is 17.8. The molecule has 2 heterocycles. The molecule has 1 aromatic carbocycles. The van der Waals surface area contributed by atoms with Gasteiger partial charge in [0.1, 0.15) is 5.75 Å². The number of piperidine rings is 2. The Kier molecular flexibility index (Phi) is 6.35.